The van der Waals surface area contributed by atoms with Crippen molar-refractivity contribution in [2.75, 3.05) is 5.73 Å². The van der Waals surface area contributed by atoms with E-state index in [-0.39, 0.29) is 0 Å². The summed E-state index contributed by atoms with van der Waals surface area (Å²) >= 11 is 9.30. The van der Waals surface area contributed by atoms with Crippen LogP contribution in [0.15, 0.2) is 35.2 Å². The molecule has 1 aromatic heterocycles. The maximum Gasteiger partial charge on any atom is 0.245 e. The number of rotatable bonds is 2. The van der Waals surface area contributed by atoms with Crippen molar-refractivity contribution in [1.29, 1.82) is 0 Å². The van der Waals surface area contributed by atoms with E-state index < -0.39 is 0 Å². The van der Waals surface area contributed by atoms with E-state index in [4.69, 9.17) is 22.1 Å². The zero-order chi connectivity index (χ0) is 11.5. The third kappa shape index (κ3) is 2.43. The van der Waals surface area contributed by atoms with Crippen LogP contribution in [0.2, 0.25) is 5.02 Å². The third-order valence-corrected chi connectivity index (χ3v) is 2.59. The summed E-state index contributed by atoms with van der Waals surface area (Å²) < 4.78 is 6.34. The number of hydrogen-bond acceptors (Lipinski definition) is 4. The fourth-order valence-corrected chi connectivity index (χ4v) is 1.79. The molecule has 4 nitrogen and oxygen atoms in total. The molecule has 1 heterocycles. The maximum absolute atomic E-state index is 5.99. The van der Waals surface area contributed by atoms with Crippen LogP contribution in [-0.4, -0.2) is 9.97 Å². The van der Waals surface area contributed by atoms with Crippen LogP contribution >= 0.6 is 27.5 Å². The Labute approximate surface area is 106 Å². The molecular weight excluding hydrogens is 293 g/mol. The van der Waals surface area contributed by atoms with Gasteiger partial charge in [0.2, 0.25) is 5.88 Å². The van der Waals surface area contributed by atoms with E-state index in [1.54, 1.807) is 12.1 Å². The first-order valence-electron chi connectivity index (χ1n) is 4.35. The average Bonchev–Trinajstić information content (AvgIpc) is 2.25. The summed E-state index contributed by atoms with van der Waals surface area (Å²) in [5, 5.41) is 0.479. The third-order valence-electron chi connectivity index (χ3n) is 1.80. The number of benzene rings is 1. The van der Waals surface area contributed by atoms with E-state index in [1.165, 1.54) is 12.5 Å². The highest BCUT2D eigenvalue weighted by Gasteiger charge is 2.07. The average molecular weight is 301 g/mol. The second-order valence-corrected chi connectivity index (χ2v) is 4.28. The Bertz CT molecular complexity index is 521. The Hall–Kier alpha value is -1.33. The first-order valence-corrected chi connectivity index (χ1v) is 5.52. The first kappa shape index (κ1) is 11.2. The van der Waals surface area contributed by atoms with E-state index in [1.807, 2.05) is 6.07 Å². The Kier molecular flexibility index (Phi) is 3.26. The van der Waals surface area contributed by atoms with Gasteiger partial charge in [0.1, 0.15) is 17.8 Å². The number of nitrogen functional groups attached to an aromatic ring is 1. The molecule has 0 bridgehead atoms. The van der Waals surface area contributed by atoms with Gasteiger partial charge in [-0.15, -0.1) is 0 Å². The van der Waals surface area contributed by atoms with Crippen molar-refractivity contribution in [3.05, 3.63) is 40.2 Å². The molecule has 2 N–H and O–H groups in total. The lowest BCUT2D eigenvalue weighted by molar-refractivity contribution is 0.464. The van der Waals surface area contributed by atoms with E-state index in [0.29, 0.717) is 22.3 Å². The lowest BCUT2D eigenvalue weighted by Gasteiger charge is -2.07. The van der Waals surface area contributed by atoms with Crippen molar-refractivity contribution in [2.45, 2.75) is 0 Å². The predicted octanol–water partition coefficient (Wildman–Crippen LogP) is 3.27. The van der Waals surface area contributed by atoms with E-state index >= 15 is 0 Å². The molecule has 0 saturated carbocycles. The van der Waals surface area contributed by atoms with Crippen LogP contribution in [0.5, 0.6) is 11.6 Å². The number of ether oxygens (including phenoxy) is 1. The van der Waals surface area contributed by atoms with Gasteiger partial charge in [0.05, 0.1) is 11.2 Å². The van der Waals surface area contributed by atoms with Crippen LogP contribution < -0.4 is 10.5 Å². The van der Waals surface area contributed by atoms with Gasteiger partial charge in [0.25, 0.3) is 0 Å². The van der Waals surface area contributed by atoms with Crippen LogP contribution in [0.4, 0.5) is 5.69 Å². The quantitative estimate of drug-likeness (QED) is 0.924. The Morgan fingerprint density at radius 1 is 1.38 bits per heavy atom. The van der Waals surface area contributed by atoms with Gasteiger partial charge in [-0.2, -0.15) is 4.98 Å². The number of nitrogens with zero attached hydrogens (tertiary/aromatic N) is 2. The van der Waals surface area contributed by atoms with Gasteiger partial charge in [-0.25, -0.2) is 4.98 Å². The molecule has 0 saturated heterocycles. The molecule has 0 aliphatic rings. The van der Waals surface area contributed by atoms with Gasteiger partial charge >= 0.3 is 0 Å². The van der Waals surface area contributed by atoms with Crippen molar-refractivity contribution >= 4 is 33.2 Å². The Morgan fingerprint density at radius 3 is 2.88 bits per heavy atom. The molecule has 0 spiro atoms. The van der Waals surface area contributed by atoms with Gasteiger partial charge in [-0.05, 0) is 18.2 Å². The highest BCUT2D eigenvalue weighted by molar-refractivity contribution is 9.10. The van der Waals surface area contributed by atoms with Gasteiger partial charge < -0.3 is 10.5 Å². The highest BCUT2D eigenvalue weighted by atomic mass is 79.9. The summed E-state index contributed by atoms with van der Waals surface area (Å²) in [4.78, 5) is 7.67. The van der Waals surface area contributed by atoms with E-state index in [9.17, 15) is 0 Å². The smallest absolute Gasteiger partial charge is 0.245 e. The lowest BCUT2D eigenvalue weighted by atomic mass is 10.3. The van der Waals surface area contributed by atoms with Gasteiger partial charge in [-0.3, -0.25) is 0 Å². The normalized spacial score (nSPS) is 10.1. The molecule has 0 aliphatic carbocycles. The van der Waals surface area contributed by atoms with Crippen LogP contribution in [0.25, 0.3) is 0 Å². The van der Waals surface area contributed by atoms with Crippen molar-refractivity contribution in [3.8, 4) is 11.6 Å². The number of nitrogens with two attached hydrogens (primary N) is 1. The molecule has 1 aromatic carbocycles. The zero-order valence-electron chi connectivity index (χ0n) is 8.02. The first-order chi connectivity index (χ1) is 7.66. The summed E-state index contributed by atoms with van der Waals surface area (Å²) in [6.45, 7) is 0. The molecule has 0 unspecified atom stereocenters. The maximum atomic E-state index is 5.99. The van der Waals surface area contributed by atoms with Crippen LogP contribution in [0.1, 0.15) is 0 Å². The lowest BCUT2D eigenvalue weighted by Crippen LogP contribution is -1.95. The number of hydrogen-bond donors (Lipinski definition) is 1. The second kappa shape index (κ2) is 4.67. The highest BCUT2D eigenvalue weighted by Crippen LogP contribution is 2.32. The van der Waals surface area contributed by atoms with Crippen LogP contribution in [0.3, 0.4) is 0 Å². The molecule has 0 aliphatic heterocycles. The minimum atomic E-state index is 0.291. The molecule has 0 amide bonds. The number of aromatic nitrogens is 2. The van der Waals surface area contributed by atoms with Crippen molar-refractivity contribution < 1.29 is 4.74 Å². The van der Waals surface area contributed by atoms with E-state index in [2.05, 4.69) is 25.9 Å². The predicted molar refractivity (Wildman–Crippen MR) is 65.7 cm³/mol. The molecule has 82 valence electrons. The summed E-state index contributed by atoms with van der Waals surface area (Å²) in [5.74, 6) is 0.787. The minimum absolute atomic E-state index is 0.291. The molecule has 2 aromatic rings. The number of halogens is 2. The summed E-state index contributed by atoms with van der Waals surface area (Å²) in [6.07, 6.45) is 2.83. The molecule has 16 heavy (non-hydrogen) atoms. The molecular formula is C10H7BrClN3O. The monoisotopic (exact) mass is 299 g/mol. The van der Waals surface area contributed by atoms with Crippen molar-refractivity contribution in [2.24, 2.45) is 0 Å². The molecule has 0 fully saturated rings. The van der Waals surface area contributed by atoms with Crippen LogP contribution in [-0.2, 0) is 0 Å². The second-order valence-electron chi connectivity index (χ2n) is 2.96. The number of anilines is 1. The molecule has 6 heteroatoms. The topological polar surface area (TPSA) is 61.0 Å². The minimum Gasteiger partial charge on any atom is -0.435 e. The standard InChI is InChI=1S/C10H7BrClN3O/c11-6-1-2-9(7(12)3-6)16-10-8(13)4-14-5-15-10/h1-5H,13H2. The molecule has 0 atom stereocenters. The summed E-state index contributed by atoms with van der Waals surface area (Å²) in [5.41, 5.74) is 6.01. The largest absolute Gasteiger partial charge is 0.435 e. The Balaban J connectivity index is 2.31. The SMILES string of the molecule is Nc1cncnc1Oc1ccc(Br)cc1Cl. The van der Waals surface area contributed by atoms with Crippen molar-refractivity contribution in [1.82, 2.24) is 9.97 Å². The van der Waals surface area contributed by atoms with Crippen molar-refractivity contribution in [3.63, 3.8) is 0 Å². The molecule has 0 radical (unpaired) electrons. The molecule has 2 rings (SSSR count). The van der Waals surface area contributed by atoms with Gasteiger partial charge in [0.15, 0.2) is 0 Å². The summed E-state index contributed by atoms with van der Waals surface area (Å²) in [7, 11) is 0. The summed E-state index contributed by atoms with van der Waals surface area (Å²) in [6, 6.07) is 5.28. The van der Waals surface area contributed by atoms with Gasteiger partial charge in [0, 0.05) is 4.47 Å². The zero-order valence-corrected chi connectivity index (χ0v) is 10.4. The van der Waals surface area contributed by atoms with Gasteiger partial charge in [-0.1, -0.05) is 27.5 Å². The van der Waals surface area contributed by atoms with Crippen LogP contribution in [0, 0.1) is 0 Å². The fourth-order valence-electron chi connectivity index (χ4n) is 1.08. The fraction of sp³-hybridized carbons (Fsp3) is 0. The van der Waals surface area contributed by atoms with E-state index in [0.717, 1.165) is 4.47 Å². The Morgan fingerprint density at radius 2 is 2.19 bits per heavy atom.